The van der Waals surface area contributed by atoms with Crippen LogP contribution in [0.5, 0.6) is 0 Å². The molecule has 3 heteroatoms. The van der Waals surface area contributed by atoms with E-state index in [-0.39, 0.29) is 5.43 Å². The molecule has 1 aromatic carbocycles. The summed E-state index contributed by atoms with van der Waals surface area (Å²) in [4.78, 5) is 17.5. The van der Waals surface area contributed by atoms with Crippen molar-refractivity contribution < 1.29 is 0 Å². The van der Waals surface area contributed by atoms with E-state index in [1.165, 1.54) is 5.56 Å². The van der Waals surface area contributed by atoms with Crippen LogP contribution in [0.4, 0.5) is 0 Å². The molecular formula is C15H13NOS. The zero-order valence-electron chi connectivity index (χ0n) is 10.6. The van der Waals surface area contributed by atoms with Crippen LogP contribution in [0.2, 0.25) is 0 Å². The van der Waals surface area contributed by atoms with Crippen molar-refractivity contribution in [3.8, 4) is 10.6 Å². The number of hydrogen-bond acceptors (Lipinski definition) is 3. The van der Waals surface area contributed by atoms with Crippen molar-refractivity contribution in [2.75, 3.05) is 0 Å². The molecule has 1 aliphatic heterocycles. The van der Waals surface area contributed by atoms with Gasteiger partial charge < -0.3 is 0 Å². The lowest BCUT2D eigenvalue weighted by molar-refractivity contribution is 1.28. The quantitative estimate of drug-likeness (QED) is 0.573. The number of nitrogens with zero attached hydrogens (tertiary/aromatic N) is 1. The summed E-state index contributed by atoms with van der Waals surface area (Å²) in [5.41, 5.74) is 5.03. The topological polar surface area (TPSA) is 30.0 Å². The van der Waals surface area contributed by atoms with Gasteiger partial charge in [-0.1, -0.05) is 6.07 Å². The van der Waals surface area contributed by atoms with E-state index in [9.17, 15) is 4.79 Å². The summed E-state index contributed by atoms with van der Waals surface area (Å²) in [5, 5.41) is 0. The lowest BCUT2D eigenvalue weighted by atomic mass is 10.1. The van der Waals surface area contributed by atoms with Gasteiger partial charge >= 0.3 is 0 Å². The molecule has 0 aromatic heterocycles. The van der Waals surface area contributed by atoms with Gasteiger partial charge in [0.05, 0.1) is 20.8 Å². The third-order valence-corrected chi connectivity index (χ3v) is 4.46. The summed E-state index contributed by atoms with van der Waals surface area (Å²) < 4.78 is 1.13. The molecule has 1 heterocycles. The molecule has 0 saturated carbocycles. The van der Waals surface area contributed by atoms with Gasteiger partial charge in [0.15, 0.2) is 5.43 Å². The molecule has 0 spiro atoms. The van der Waals surface area contributed by atoms with Crippen LogP contribution in [-0.4, -0.2) is 4.98 Å². The number of aromatic nitrogens is 1. The highest BCUT2D eigenvalue weighted by Crippen LogP contribution is 2.33. The maximum atomic E-state index is 11.8. The van der Waals surface area contributed by atoms with Gasteiger partial charge in [-0.25, -0.2) is 4.98 Å². The normalized spacial score (nSPS) is 11.3. The van der Waals surface area contributed by atoms with Crippen molar-refractivity contribution in [3.63, 3.8) is 0 Å². The van der Waals surface area contributed by atoms with Crippen LogP contribution in [0, 0.1) is 20.8 Å². The average Bonchev–Trinajstić information content (AvgIpc) is 2.34. The minimum absolute atomic E-state index is 0.102. The second-order valence-electron chi connectivity index (χ2n) is 4.68. The predicted molar refractivity (Wildman–Crippen MR) is 76.7 cm³/mol. The van der Waals surface area contributed by atoms with Gasteiger partial charge in [-0.15, -0.1) is 11.3 Å². The Morgan fingerprint density at radius 3 is 2.67 bits per heavy atom. The maximum absolute atomic E-state index is 11.8. The molecule has 2 nitrogen and oxygen atoms in total. The molecule has 2 aliphatic rings. The Morgan fingerprint density at radius 1 is 1.11 bits per heavy atom. The molecule has 1 aromatic rings. The summed E-state index contributed by atoms with van der Waals surface area (Å²) in [5.74, 6) is 0. The van der Waals surface area contributed by atoms with Gasteiger partial charge in [-0.05, 0) is 50.1 Å². The van der Waals surface area contributed by atoms with Crippen LogP contribution in [0.25, 0.3) is 20.8 Å². The van der Waals surface area contributed by atoms with Crippen molar-refractivity contribution in [2.24, 2.45) is 0 Å². The van der Waals surface area contributed by atoms with E-state index >= 15 is 0 Å². The first-order chi connectivity index (χ1) is 8.56. The Balaban J connectivity index is 2.53. The van der Waals surface area contributed by atoms with E-state index in [1.807, 2.05) is 19.9 Å². The second kappa shape index (κ2) is 3.89. The van der Waals surface area contributed by atoms with E-state index in [2.05, 4.69) is 19.1 Å². The van der Waals surface area contributed by atoms with Crippen molar-refractivity contribution >= 4 is 21.6 Å². The van der Waals surface area contributed by atoms with Crippen molar-refractivity contribution in [1.29, 1.82) is 0 Å². The molecule has 0 N–H and O–H groups in total. The molecular weight excluding hydrogens is 242 g/mol. The molecule has 18 heavy (non-hydrogen) atoms. The lowest BCUT2D eigenvalue weighted by Gasteiger charge is -2.11. The van der Waals surface area contributed by atoms with E-state index in [0.717, 1.165) is 31.9 Å². The van der Waals surface area contributed by atoms with Crippen LogP contribution in [-0.2, 0) is 0 Å². The highest BCUT2D eigenvalue weighted by atomic mass is 32.1. The minimum Gasteiger partial charge on any atom is -0.290 e. The molecule has 0 bridgehead atoms. The van der Waals surface area contributed by atoms with Crippen molar-refractivity contribution in [2.45, 2.75) is 20.8 Å². The Labute approximate surface area is 109 Å². The Bertz CT molecular complexity index is 789. The Kier molecular flexibility index (Phi) is 2.45. The molecule has 3 rings (SSSR count). The van der Waals surface area contributed by atoms with Crippen LogP contribution in [0.3, 0.4) is 0 Å². The van der Waals surface area contributed by atoms with Gasteiger partial charge in [0.1, 0.15) is 0 Å². The zero-order valence-corrected chi connectivity index (χ0v) is 11.4. The first-order valence-electron chi connectivity index (χ1n) is 5.87. The number of rotatable bonds is 0. The molecule has 0 atom stereocenters. The van der Waals surface area contributed by atoms with Crippen LogP contribution in [0.15, 0.2) is 29.1 Å². The third-order valence-electron chi connectivity index (χ3n) is 3.21. The SMILES string of the molecule is Cc1ccc2nc3c(C)cc(=O)c(C)c-3sc2c1. The smallest absolute Gasteiger partial charge is 0.183 e. The lowest BCUT2D eigenvalue weighted by Crippen LogP contribution is -2.08. The number of fused-ring (bicyclic) bond motifs is 2. The molecule has 0 unspecified atom stereocenters. The Morgan fingerprint density at radius 2 is 1.89 bits per heavy atom. The fourth-order valence-electron chi connectivity index (χ4n) is 2.13. The highest BCUT2D eigenvalue weighted by Gasteiger charge is 2.14. The van der Waals surface area contributed by atoms with Gasteiger partial charge in [0, 0.05) is 5.56 Å². The van der Waals surface area contributed by atoms with Crippen molar-refractivity contribution in [3.05, 3.63) is 51.2 Å². The summed E-state index contributed by atoms with van der Waals surface area (Å²) in [6.07, 6.45) is 0. The zero-order chi connectivity index (χ0) is 12.9. The van der Waals surface area contributed by atoms with E-state index in [0.29, 0.717) is 0 Å². The van der Waals surface area contributed by atoms with Crippen molar-refractivity contribution in [1.82, 2.24) is 4.98 Å². The molecule has 0 radical (unpaired) electrons. The third kappa shape index (κ3) is 1.63. The molecule has 0 amide bonds. The number of benzene rings is 2. The summed E-state index contributed by atoms with van der Waals surface area (Å²) in [7, 11) is 0. The van der Waals surface area contributed by atoms with E-state index < -0.39 is 0 Å². The fourth-order valence-corrected chi connectivity index (χ4v) is 3.37. The number of hydrogen-bond donors (Lipinski definition) is 0. The minimum atomic E-state index is 0.102. The molecule has 1 aliphatic carbocycles. The van der Waals surface area contributed by atoms with Crippen LogP contribution < -0.4 is 5.43 Å². The second-order valence-corrected chi connectivity index (χ2v) is 5.73. The standard InChI is InChI=1S/C15H13NOS/c1-8-4-5-11-13(6-8)18-15-10(3)12(17)7-9(2)14(15)16-11/h4-7H,1-3H3. The summed E-state index contributed by atoms with van der Waals surface area (Å²) in [6, 6.07) is 7.91. The first kappa shape index (κ1) is 11.4. The fraction of sp³-hybridized carbons (Fsp3) is 0.200. The maximum Gasteiger partial charge on any atom is 0.183 e. The van der Waals surface area contributed by atoms with Gasteiger partial charge in [0.2, 0.25) is 0 Å². The van der Waals surface area contributed by atoms with Gasteiger partial charge in [-0.2, -0.15) is 0 Å². The summed E-state index contributed by atoms with van der Waals surface area (Å²) >= 11 is 1.66. The van der Waals surface area contributed by atoms with Gasteiger partial charge in [-0.3, -0.25) is 4.79 Å². The Hall–Kier alpha value is -1.74. The van der Waals surface area contributed by atoms with E-state index in [4.69, 9.17) is 4.98 Å². The molecule has 0 fully saturated rings. The van der Waals surface area contributed by atoms with E-state index in [1.54, 1.807) is 17.4 Å². The monoisotopic (exact) mass is 255 g/mol. The van der Waals surface area contributed by atoms with Gasteiger partial charge in [0.25, 0.3) is 0 Å². The largest absolute Gasteiger partial charge is 0.290 e. The summed E-state index contributed by atoms with van der Waals surface area (Å²) in [6.45, 7) is 5.89. The first-order valence-corrected chi connectivity index (χ1v) is 6.69. The average molecular weight is 255 g/mol. The molecule has 0 saturated heterocycles. The predicted octanol–water partition coefficient (Wildman–Crippen LogP) is 3.69. The highest BCUT2D eigenvalue weighted by molar-refractivity contribution is 7.21. The van der Waals surface area contributed by atoms with Crippen LogP contribution >= 0.6 is 11.3 Å². The number of aryl methyl sites for hydroxylation is 2. The van der Waals surface area contributed by atoms with Crippen LogP contribution in [0.1, 0.15) is 16.7 Å². The molecule has 90 valence electrons.